The van der Waals surface area contributed by atoms with Gasteiger partial charge in [0.05, 0.1) is 18.2 Å². The lowest BCUT2D eigenvalue weighted by molar-refractivity contribution is -0.118. The maximum atomic E-state index is 13.3. The lowest BCUT2D eigenvalue weighted by atomic mass is 9.90. The van der Waals surface area contributed by atoms with Crippen molar-refractivity contribution in [3.05, 3.63) is 34.8 Å². The lowest BCUT2D eigenvalue weighted by Gasteiger charge is -2.41. The average molecular weight is 544 g/mol. The fourth-order valence-corrected chi connectivity index (χ4v) is 6.05. The van der Waals surface area contributed by atoms with Crippen LogP contribution in [0.2, 0.25) is 0 Å². The van der Waals surface area contributed by atoms with E-state index in [1.807, 2.05) is 58.9 Å². The van der Waals surface area contributed by atoms with E-state index in [0.29, 0.717) is 37.9 Å². The highest BCUT2D eigenvalue weighted by Crippen LogP contribution is 2.37. The maximum absolute atomic E-state index is 13.3. The molecule has 0 bridgehead atoms. The van der Waals surface area contributed by atoms with Crippen molar-refractivity contribution in [1.82, 2.24) is 10.3 Å². The predicted molar refractivity (Wildman–Crippen MR) is 152 cm³/mol. The minimum atomic E-state index is -0.328. The normalized spacial score (nSPS) is 21.6. The highest BCUT2D eigenvalue weighted by molar-refractivity contribution is 7.15. The Hall–Kier alpha value is -2.53. The number of aryl methyl sites for hydroxylation is 1. The van der Waals surface area contributed by atoms with Crippen LogP contribution in [-0.2, 0) is 25.5 Å². The van der Waals surface area contributed by atoms with E-state index in [0.717, 1.165) is 41.2 Å². The number of carbonyl (C=O) groups excluding carboxylic acids is 2. The molecule has 3 N–H and O–H groups in total. The van der Waals surface area contributed by atoms with Crippen LogP contribution in [0.3, 0.4) is 0 Å². The molecule has 2 heterocycles. The molecule has 38 heavy (non-hydrogen) atoms. The van der Waals surface area contributed by atoms with Crippen LogP contribution in [0.15, 0.2) is 24.3 Å². The Labute approximate surface area is 229 Å². The minimum Gasteiger partial charge on any atom is -0.362 e. The van der Waals surface area contributed by atoms with Crippen LogP contribution in [0.4, 0.5) is 16.5 Å². The van der Waals surface area contributed by atoms with Crippen molar-refractivity contribution in [3.63, 3.8) is 0 Å². The van der Waals surface area contributed by atoms with Gasteiger partial charge in [-0.3, -0.25) is 14.9 Å². The third kappa shape index (κ3) is 7.31. The number of rotatable bonds is 9. The summed E-state index contributed by atoms with van der Waals surface area (Å²) < 4.78 is 11.7. The highest BCUT2D eigenvalue weighted by Gasteiger charge is 2.32. The molecule has 3 unspecified atom stereocenters. The number of hydrogen-bond acceptors (Lipinski definition) is 8. The molecule has 2 aromatic rings. The second kappa shape index (κ2) is 12.5. The van der Waals surface area contributed by atoms with Gasteiger partial charge in [-0.1, -0.05) is 20.8 Å². The van der Waals surface area contributed by atoms with Gasteiger partial charge in [-0.15, -0.1) is 11.3 Å². The maximum Gasteiger partial charge on any atom is 0.233 e. The van der Waals surface area contributed by atoms with Gasteiger partial charge in [0.25, 0.3) is 0 Å². The van der Waals surface area contributed by atoms with Crippen LogP contribution in [0.25, 0.3) is 0 Å². The van der Waals surface area contributed by atoms with E-state index in [9.17, 15) is 9.59 Å². The Morgan fingerprint density at radius 2 is 1.87 bits per heavy atom. The molecular formula is C28H41N5O4S. The summed E-state index contributed by atoms with van der Waals surface area (Å²) in [6.45, 7) is 12.7. The van der Waals surface area contributed by atoms with E-state index >= 15 is 0 Å². The van der Waals surface area contributed by atoms with Crippen molar-refractivity contribution in [2.24, 2.45) is 5.41 Å². The molecule has 3 atom stereocenters. The first-order chi connectivity index (χ1) is 18.2. The molecule has 1 aliphatic carbocycles. The van der Waals surface area contributed by atoms with Crippen LogP contribution in [0.5, 0.6) is 0 Å². The Morgan fingerprint density at radius 3 is 2.55 bits per heavy atom. The Bertz CT molecular complexity index is 1100. The van der Waals surface area contributed by atoms with Gasteiger partial charge in [-0.05, 0) is 62.8 Å². The molecule has 2 aliphatic rings. The molecular weight excluding hydrogens is 502 g/mol. The van der Waals surface area contributed by atoms with Crippen molar-refractivity contribution in [2.45, 2.75) is 78.7 Å². The number of hydrogen-bond donors (Lipinski definition) is 3. The molecule has 1 saturated heterocycles. The number of ether oxygens (including phenoxy) is 2. The largest absolute Gasteiger partial charge is 0.362 e. The van der Waals surface area contributed by atoms with E-state index in [4.69, 9.17) is 9.47 Å². The number of thiazole rings is 1. The van der Waals surface area contributed by atoms with Crippen molar-refractivity contribution in [3.8, 4) is 0 Å². The summed E-state index contributed by atoms with van der Waals surface area (Å²) in [5.41, 5.74) is 2.45. The van der Waals surface area contributed by atoms with Gasteiger partial charge in [-0.2, -0.15) is 0 Å². The quantitative estimate of drug-likeness (QED) is 0.421. The van der Waals surface area contributed by atoms with Crippen LogP contribution >= 0.6 is 11.3 Å². The molecule has 1 aromatic heterocycles. The van der Waals surface area contributed by atoms with Gasteiger partial charge >= 0.3 is 0 Å². The number of nitrogens with zero attached hydrogens (tertiary/aromatic N) is 2. The summed E-state index contributed by atoms with van der Waals surface area (Å²) in [4.78, 5) is 33.7. The topological polar surface area (TPSA) is 105 Å². The second-order valence-electron chi connectivity index (χ2n) is 11.0. The van der Waals surface area contributed by atoms with Gasteiger partial charge < -0.3 is 25.0 Å². The van der Waals surface area contributed by atoms with Gasteiger partial charge in [0.15, 0.2) is 5.13 Å². The zero-order valence-corrected chi connectivity index (χ0v) is 24.0. The number of amides is 2. The zero-order valence-electron chi connectivity index (χ0n) is 23.1. The smallest absolute Gasteiger partial charge is 0.233 e. The van der Waals surface area contributed by atoms with Crippen molar-refractivity contribution in [1.29, 1.82) is 0 Å². The van der Waals surface area contributed by atoms with E-state index in [1.165, 1.54) is 11.3 Å². The molecule has 1 fully saturated rings. The standard InChI is InChI=1S/C28H41N5O4S/c1-6-36-23-17-33(24(16-29-23)37-7-2)19-13-11-18(12-14-19)30-26(35)20-9-8-10-21-25(20)32-27(38-21)31-22(34)15-28(3,4)5/h11-14,20,23-24,29H,6-10,15-17H2,1-5H3,(H,30,35)(H,31,32,34). The third-order valence-corrected chi connectivity index (χ3v) is 7.68. The predicted octanol–water partition coefficient (Wildman–Crippen LogP) is 4.71. The number of piperazine rings is 1. The van der Waals surface area contributed by atoms with Crippen LogP contribution in [0.1, 0.15) is 70.4 Å². The van der Waals surface area contributed by atoms with Crippen molar-refractivity contribution in [2.75, 3.05) is 41.8 Å². The van der Waals surface area contributed by atoms with E-state index < -0.39 is 0 Å². The third-order valence-electron chi connectivity index (χ3n) is 6.63. The number of benzene rings is 1. The summed E-state index contributed by atoms with van der Waals surface area (Å²) >= 11 is 1.49. The zero-order chi connectivity index (χ0) is 27.3. The molecule has 9 nitrogen and oxygen atoms in total. The first-order valence-corrected chi connectivity index (χ1v) is 14.4. The molecule has 10 heteroatoms. The first kappa shape index (κ1) is 28.5. The fourth-order valence-electron chi connectivity index (χ4n) is 4.97. The SMILES string of the molecule is CCOC1CN(c2ccc(NC(=O)C3CCCc4sc(NC(=O)CC(C)(C)C)nc43)cc2)C(OCC)CN1. The van der Waals surface area contributed by atoms with E-state index in [-0.39, 0.29) is 35.6 Å². The van der Waals surface area contributed by atoms with Crippen molar-refractivity contribution >= 4 is 39.7 Å². The fraction of sp³-hybridized carbons (Fsp3) is 0.607. The molecule has 1 aliphatic heterocycles. The monoisotopic (exact) mass is 543 g/mol. The molecule has 4 rings (SSSR count). The van der Waals surface area contributed by atoms with Gasteiger partial charge in [0.1, 0.15) is 12.5 Å². The minimum absolute atomic E-state index is 0.0478. The first-order valence-electron chi connectivity index (χ1n) is 13.6. The van der Waals surface area contributed by atoms with Crippen molar-refractivity contribution < 1.29 is 19.1 Å². The number of carbonyl (C=O) groups is 2. The molecule has 208 valence electrons. The molecule has 0 spiro atoms. The van der Waals surface area contributed by atoms with Gasteiger partial charge in [0.2, 0.25) is 11.8 Å². The highest BCUT2D eigenvalue weighted by atomic mass is 32.1. The summed E-state index contributed by atoms with van der Waals surface area (Å²) in [7, 11) is 0. The Balaban J connectivity index is 1.41. The summed E-state index contributed by atoms with van der Waals surface area (Å²) in [5, 5.41) is 9.98. The van der Waals surface area contributed by atoms with E-state index in [2.05, 4.69) is 25.8 Å². The summed E-state index contributed by atoms with van der Waals surface area (Å²) in [6, 6.07) is 7.87. The Kier molecular flexibility index (Phi) is 9.40. The Morgan fingerprint density at radius 1 is 1.13 bits per heavy atom. The molecule has 1 aromatic carbocycles. The molecule has 0 radical (unpaired) electrons. The summed E-state index contributed by atoms with van der Waals surface area (Å²) in [6.07, 6.45) is 2.83. The lowest BCUT2D eigenvalue weighted by Crippen LogP contribution is -2.58. The number of anilines is 3. The van der Waals surface area contributed by atoms with Crippen LogP contribution < -0.4 is 20.9 Å². The number of aromatic nitrogens is 1. The van der Waals surface area contributed by atoms with E-state index in [1.54, 1.807) is 0 Å². The molecule has 2 amide bonds. The van der Waals surface area contributed by atoms with Crippen LogP contribution in [-0.4, -0.2) is 55.6 Å². The summed E-state index contributed by atoms with van der Waals surface area (Å²) in [5.74, 6) is -0.443. The molecule has 0 saturated carbocycles. The van der Waals surface area contributed by atoms with Gasteiger partial charge in [0, 0.05) is 42.4 Å². The number of fused-ring (bicyclic) bond motifs is 1. The second-order valence-corrected chi connectivity index (χ2v) is 12.1. The van der Waals surface area contributed by atoms with Gasteiger partial charge in [-0.25, -0.2) is 4.98 Å². The average Bonchev–Trinajstić information content (AvgIpc) is 3.27. The van der Waals surface area contributed by atoms with Crippen LogP contribution in [0, 0.1) is 5.41 Å². The number of nitrogens with one attached hydrogen (secondary N) is 3.